The lowest BCUT2D eigenvalue weighted by Crippen LogP contribution is -2.32. The monoisotopic (exact) mass is 248 g/mol. The van der Waals surface area contributed by atoms with Crippen molar-refractivity contribution in [1.82, 2.24) is 0 Å². The number of methoxy groups -OCH3 is 1. The van der Waals surface area contributed by atoms with Gasteiger partial charge in [0.1, 0.15) is 0 Å². The van der Waals surface area contributed by atoms with Gasteiger partial charge in [0.25, 0.3) is 0 Å². The Balaban J connectivity index is 2.19. The second-order valence-corrected chi connectivity index (χ2v) is 5.03. The molecule has 0 bridgehead atoms. The van der Waals surface area contributed by atoms with Crippen molar-refractivity contribution in [2.45, 2.75) is 37.5 Å². The first-order chi connectivity index (χ1) is 8.69. The Morgan fingerprint density at radius 1 is 1.28 bits per heavy atom. The van der Waals surface area contributed by atoms with Crippen molar-refractivity contribution >= 4 is 5.97 Å². The van der Waals surface area contributed by atoms with Gasteiger partial charge in [-0.05, 0) is 30.4 Å². The highest BCUT2D eigenvalue weighted by Crippen LogP contribution is 2.41. The van der Waals surface area contributed by atoms with E-state index in [1.165, 1.54) is 5.56 Å². The van der Waals surface area contributed by atoms with E-state index in [1.807, 2.05) is 24.3 Å². The Kier molecular flexibility index (Phi) is 4.02. The SMILES string of the molecule is COCCc1ccc(C2(C(=O)O)CCCC2)cc1. The molecule has 1 saturated carbocycles. The average Bonchev–Trinajstić information content (AvgIpc) is 2.87. The number of carboxylic acid groups (broad SMARTS) is 1. The Morgan fingerprint density at radius 3 is 2.39 bits per heavy atom. The molecule has 1 aromatic rings. The lowest BCUT2D eigenvalue weighted by molar-refractivity contribution is -0.143. The fourth-order valence-electron chi connectivity index (χ4n) is 2.81. The quantitative estimate of drug-likeness (QED) is 0.871. The molecule has 0 spiro atoms. The van der Waals surface area contributed by atoms with Crippen LogP contribution in [-0.4, -0.2) is 24.8 Å². The van der Waals surface area contributed by atoms with Gasteiger partial charge in [-0.3, -0.25) is 4.79 Å². The topological polar surface area (TPSA) is 46.5 Å². The zero-order valence-corrected chi connectivity index (χ0v) is 10.8. The summed E-state index contributed by atoms with van der Waals surface area (Å²) in [4.78, 5) is 11.6. The lowest BCUT2D eigenvalue weighted by atomic mass is 9.79. The molecule has 3 heteroatoms. The smallest absolute Gasteiger partial charge is 0.314 e. The normalized spacial score (nSPS) is 17.8. The van der Waals surface area contributed by atoms with Crippen LogP contribution in [0.25, 0.3) is 0 Å². The predicted octanol–water partition coefficient (Wildman–Crippen LogP) is 2.77. The first-order valence-electron chi connectivity index (χ1n) is 6.51. The molecular formula is C15H20O3. The zero-order chi connectivity index (χ0) is 13.0. The van der Waals surface area contributed by atoms with Gasteiger partial charge in [-0.2, -0.15) is 0 Å². The summed E-state index contributed by atoms with van der Waals surface area (Å²) in [6.45, 7) is 0.698. The molecule has 0 heterocycles. The van der Waals surface area contributed by atoms with E-state index in [0.29, 0.717) is 6.61 Å². The van der Waals surface area contributed by atoms with Crippen molar-refractivity contribution in [3.8, 4) is 0 Å². The van der Waals surface area contributed by atoms with E-state index in [1.54, 1.807) is 7.11 Å². The summed E-state index contributed by atoms with van der Waals surface area (Å²) in [5.74, 6) is -0.676. The van der Waals surface area contributed by atoms with E-state index in [9.17, 15) is 9.90 Å². The standard InChI is InChI=1S/C15H20O3/c1-18-11-8-12-4-6-13(7-5-12)15(14(16)17)9-2-3-10-15/h4-7H,2-3,8-11H2,1H3,(H,16,17). The predicted molar refractivity (Wildman–Crippen MR) is 69.8 cm³/mol. The summed E-state index contributed by atoms with van der Waals surface area (Å²) < 4.78 is 5.04. The lowest BCUT2D eigenvalue weighted by Gasteiger charge is -2.24. The van der Waals surface area contributed by atoms with Gasteiger partial charge >= 0.3 is 5.97 Å². The molecular weight excluding hydrogens is 228 g/mol. The maximum absolute atomic E-state index is 11.6. The molecule has 1 aliphatic rings. The van der Waals surface area contributed by atoms with E-state index < -0.39 is 11.4 Å². The van der Waals surface area contributed by atoms with Crippen LogP contribution >= 0.6 is 0 Å². The molecule has 0 amide bonds. The van der Waals surface area contributed by atoms with E-state index in [4.69, 9.17) is 4.74 Å². The van der Waals surface area contributed by atoms with Crippen molar-refractivity contribution in [3.63, 3.8) is 0 Å². The minimum absolute atomic E-state index is 0.639. The molecule has 98 valence electrons. The van der Waals surface area contributed by atoms with Crippen LogP contribution in [0.15, 0.2) is 24.3 Å². The van der Waals surface area contributed by atoms with Crippen molar-refractivity contribution in [2.24, 2.45) is 0 Å². The fourth-order valence-corrected chi connectivity index (χ4v) is 2.81. The number of rotatable bonds is 5. The van der Waals surface area contributed by atoms with Crippen molar-refractivity contribution in [3.05, 3.63) is 35.4 Å². The molecule has 18 heavy (non-hydrogen) atoms. The van der Waals surface area contributed by atoms with E-state index in [0.717, 1.165) is 37.7 Å². The molecule has 1 fully saturated rings. The van der Waals surface area contributed by atoms with Crippen molar-refractivity contribution < 1.29 is 14.6 Å². The molecule has 1 aliphatic carbocycles. The molecule has 0 aromatic heterocycles. The third-order valence-electron chi connectivity index (χ3n) is 3.97. The molecule has 1 aromatic carbocycles. The molecule has 0 aliphatic heterocycles. The third-order valence-corrected chi connectivity index (χ3v) is 3.97. The van der Waals surface area contributed by atoms with E-state index >= 15 is 0 Å². The fraction of sp³-hybridized carbons (Fsp3) is 0.533. The summed E-state index contributed by atoms with van der Waals surface area (Å²) in [7, 11) is 1.69. The number of hydrogen-bond donors (Lipinski definition) is 1. The molecule has 0 atom stereocenters. The second-order valence-electron chi connectivity index (χ2n) is 5.03. The third kappa shape index (κ3) is 2.41. The molecule has 0 saturated heterocycles. The minimum Gasteiger partial charge on any atom is -0.481 e. The largest absolute Gasteiger partial charge is 0.481 e. The summed E-state index contributed by atoms with van der Waals surface area (Å²) in [6, 6.07) is 8.00. The number of aliphatic carboxylic acids is 1. The summed E-state index contributed by atoms with van der Waals surface area (Å²) in [6.07, 6.45) is 4.42. The van der Waals surface area contributed by atoms with Crippen molar-refractivity contribution in [2.75, 3.05) is 13.7 Å². The zero-order valence-electron chi connectivity index (χ0n) is 10.8. The van der Waals surface area contributed by atoms with Crippen LogP contribution in [0.5, 0.6) is 0 Å². The van der Waals surface area contributed by atoms with Gasteiger partial charge in [0, 0.05) is 7.11 Å². The number of benzene rings is 1. The Morgan fingerprint density at radius 2 is 1.89 bits per heavy atom. The van der Waals surface area contributed by atoms with Gasteiger partial charge in [0.05, 0.1) is 12.0 Å². The van der Waals surface area contributed by atoms with E-state index in [2.05, 4.69) is 0 Å². The maximum atomic E-state index is 11.6. The van der Waals surface area contributed by atoms with Crippen LogP contribution in [0, 0.1) is 0 Å². The number of carbonyl (C=O) groups is 1. The number of carboxylic acids is 1. The Bertz CT molecular complexity index is 402. The van der Waals surface area contributed by atoms with Crippen LogP contribution in [0.3, 0.4) is 0 Å². The summed E-state index contributed by atoms with van der Waals surface area (Å²) in [5, 5.41) is 9.51. The van der Waals surface area contributed by atoms with Gasteiger partial charge in [0.15, 0.2) is 0 Å². The highest BCUT2D eigenvalue weighted by molar-refractivity contribution is 5.81. The van der Waals surface area contributed by atoms with Crippen LogP contribution in [0.4, 0.5) is 0 Å². The molecule has 2 rings (SSSR count). The second kappa shape index (κ2) is 5.53. The van der Waals surface area contributed by atoms with E-state index in [-0.39, 0.29) is 0 Å². The highest BCUT2D eigenvalue weighted by Gasteiger charge is 2.42. The summed E-state index contributed by atoms with van der Waals surface area (Å²) >= 11 is 0. The highest BCUT2D eigenvalue weighted by atomic mass is 16.5. The molecule has 1 N–H and O–H groups in total. The maximum Gasteiger partial charge on any atom is 0.314 e. The average molecular weight is 248 g/mol. The van der Waals surface area contributed by atoms with Gasteiger partial charge < -0.3 is 9.84 Å². The molecule has 3 nitrogen and oxygen atoms in total. The van der Waals surface area contributed by atoms with Crippen LogP contribution in [0.2, 0.25) is 0 Å². The summed E-state index contributed by atoms with van der Waals surface area (Å²) in [5.41, 5.74) is 1.51. The molecule has 0 unspecified atom stereocenters. The van der Waals surface area contributed by atoms with Crippen LogP contribution in [0.1, 0.15) is 36.8 Å². The van der Waals surface area contributed by atoms with Crippen LogP contribution in [-0.2, 0) is 21.4 Å². The first kappa shape index (κ1) is 13.1. The van der Waals surface area contributed by atoms with Gasteiger partial charge in [-0.15, -0.1) is 0 Å². The van der Waals surface area contributed by atoms with Gasteiger partial charge in [-0.25, -0.2) is 0 Å². The number of ether oxygens (including phenoxy) is 1. The van der Waals surface area contributed by atoms with Crippen molar-refractivity contribution in [1.29, 1.82) is 0 Å². The number of hydrogen-bond acceptors (Lipinski definition) is 2. The molecule has 0 radical (unpaired) electrons. The van der Waals surface area contributed by atoms with Crippen LogP contribution < -0.4 is 0 Å². The van der Waals surface area contributed by atoms with Gasteiger partial charge in [0.2, 0.25) is 0 Å². The minimum atomic E-state index is -0.676. The Labute approximate surface area is 108 Å². The Hall–Kier alpha value is -1.35. The first-order valence-corrected chi connectivity index (χ1v) is 6.51. The van der Waals surface area contributed by atoms with Gasteiger partial charge in [-0.1, -0.05) is 37.1 Å².